The highest BCUT2D eigenvalue weighted by Gasteiger charge is 2.15. The van der Waals surface area contributed by atoms with Crippen LogP contribution < -0.4 is 10.1 Å². The molecular weight excluding hydrogens is 238 g/mol. The van der Waals surface area contributed by atoms with Crippen LogP contribution in [0.1, 0.15) is 39.2 Å². The fraction of sp³-hybridized carbons (Fsp3) is 0.625. The summed E-state index contributed by atoms with van der Waals surface area (Å²) in [5.41, 5.74) is 1.17. The Hall–Kier alpha value is -1.06. The zero-order valence-electron chi connectivity index (χ0n) is 12.4. The predicted octanol–water partition coefficient (Wildman–Crippen LogP) is 2.97. The molecule has 0 aromatic heterocycles. The lowest BCUT2D eigenvalue weighted by molar-refractivity contribution is 0.156. The van der Waals surface area contributed by atoms with Crippen LogP contribution in [0.3, 0.4) is 0 Å². The first-order valence-electron chi connectivity index (χ1n) is 7.11. The van der Waals surface area contributed by atoms with Crippen LogP contribution >= 0.6 is 0 Å². The van der Waals surface area contributed by atoms with Gasteiger partial charge in [0.1, 0.15) is 5.75 Å². The fourth-order valence-corrected chi connectivity index (χ4v) is 1.64. The first-order chi connectivity index (χ1) is 9.07. The first kappa shape index (κ1) is 16.0. The van der Waals surface area contributed by atoms with Crippen molar-refractivity contribution in [1.29, 1.82) is 0 Å². The summed E-state index contributed by atoms with van der Waals surface area (Å²) in [6, 6.07) is 8.20. The van der Waals surface area contributed by atoms with E-state index in [1.54, 1.807) is 0 Å². The van der Waals surface area contributed by atoms with Crippen LogP contribution in [-0.4, -0.2) is 24.9 Å². The Bertz CT molecular complexity index is 346. The molecule has 1 aromatic rings. The van der Waals surface area contributed by atoms with Gasteiger partial charge in [-0.3, -0.25) is 0 Å². The normalized spacial score (nSPS) is 11.6. The second-order valence-corrected chi connectivity index (χ2v) is 5.77. The summed E-state index contributed by atoms with van der Waals surface area (Å²) in [5, 5.41) is 12.5. The Morgan fingerprint density at radius 2 is 1.89 bits per heavy atom. The van der Waals surface area contributed by atoms with Crippen LogP contribution in [-0.2, 0) is 6.54 Å². The molecule has 0 radical (unpaired) electrons. The van der Waals surface area contributed by atoms with Crippen molar-refractivity contribution >= 4 is 0 Å². The van der Waals surface area contributed by atoms with E-state index in [1.807, 2.05) is 26.0 Å². The molecule has 19 heavy (non-hydrogen) atoms. The molecular formula is C16H27NO2. The topological polar surface area (TPSA) is 41.5 Å². The van der Waals surface area contributed by atoms with Gasteiger partial charge in [-0.2, -0.15) is 0 Å². The van der Waals surface area contributed by atoms with E-state index in [9.17, 15) is 5.11 Å². The van der Waals surface area contributed by atoms with E-state index in [1.165, 1.54) is 5.56 Å². The van der Waals surface area contributed by atoms with E-state index in [4.69, 9.17) is 4.74 Å². The number of hydrogen-bond donors (Lipinski definition) is 2. The molecule has 0 saturated carbocycles. The molecule has 0 amide bonds. The molecule has 3 nitrogen and oxygen atoms in total. The van der Waals surface area contributed by atoms with E-state index in [-0.39, 0.29) is 12.0 Å². The van der Waals surface area contributed by atoms with Gasteiger partial charge in [0.2, 0.25) is 0 Å². The van der Waals surface area contributed by atoms with Crippen molar-refractivity contribution < 1.29 is 9.84 Å². The molecule has 0 fully saturated rings. The third-order valence-corrected chi connectivity index (χ3v) is 3.05. The summed E-state index contributed by atoms with van der Waals surface area (Å²) < 4.78 is 5.62. The third-order valence-electron chi connectivity index (χ3n) is 3.05. The lowest BCUT2D eigenvalue weighted by atomic mass is 9.95. The van der Waals surface area contributed by atoms with E-state index >= 15 is 0 Å². The van der Waals surface area contributed by atoms with Crippen LogP contribution in [0, 0.1) is 5.41 Å². The van der Waals surface area contributed by atoms with Gasteiger partial charge in [-0.1, -0.05) is 39.3 Å². The van der Waals surface area contributed by atoms with Crippen molar-refractivity contribution in [2.24, 2.45) is 5.41 Å². The van der Waals surface area contributed by atoms with Gasteiger partial charge < -0.3 is 15.2 Å². The molecule has 0 heterocycles. The fourth-order valence-electron chi connectivity index (χ4n) is 1.64. The van der Waals surface area contributed by atoms with Gasteiger partial charge in [0.25, 0.3) is 0 Å². The monoisotopic (exact) mass is 265 g/mol. The largest absolute Gasteiger partial charge is 0.494 e. The van der Waals surface area contributed by atoms with Gasteiger partial charge in [-0.15, -0.1) is 0 Å². The van der Waals surface area contributed by atoms with Crippen LogP contribution in [0.25, 0.3) is 0 Å². The van der Waals surface area contributed by atoms with E-state index in [0.29, 0.717) is 0 Å². The first-order valence-corrected chi connectivity index (χ1v) is 7.11. The Kier molecular flexibility index (Phi) is 6.89. The highest BCUT2D eigenvalue weighted by molar-refractivity contribution is 5.27. The van der Waals surface area contributed by atoms with Crippen LogP contribution in [0.2, 0.25) is 0 Å². The van der Waals surface area contributed by atoms with Crippen molar-refractivity contribution in [3.8, 4) is 5.75 Å². The number of rotatable bonds is 9. The molecule has 0 aliphatic heterocycles. The number of benzene rings is 1. The van der Waals surface area contributed by atoms with Gasteiger partial charge in [0.15, 0.2) is 0 Å². The predicted molar refractivity (Wildman–Crippen MR) is 79.4 cm³/mol. The second-order valence-electron chi connectivity index (χ2n) is 5.77. The smallest absolute Gasteiger partial charge is 0.119 e. The molecule has 0 bridgehead atoms. The highest BCUT2D eigenvalue weighted by atomic mass is 16.5. The molecule has 108 valence electrons. The summed E-state index contributed by atoms with van der Waals surface area (Å²) in [7, 11) is 0. The SMILES string of the molecule is CCCCOc1ccc(CNCC(C)(C)CO)cc1. The number of ether oxygens (including phenoxy) is 1. The Morgan fingerprint density at radius 3 is 2.47 bits per heavy atom. The molecule has 1 rings (SSSR count). The minimum atomic E-state index is -0.0663. The number of nitrogens with one attached hydrogen (secondary N) is 1. The molecule has 1 aromatic carbocycles. The lowest BCUT2D eigenvalue weighted by Crippen LogP contribution is -2.31. The average Bonchev–Trinajstić information content (AvgIpc) is 2.41. The third kappa shape index (κ3) is 6.60. The minimum absolute atomic E-state index is 0.0663. The van der Waals surface area contributed by atoms with Crippen molar-refractivity contribution in [3.63, 3.8) is 0 Å². The minimum Gasteiger partial charge on any atom is -0.494 e. The number of aliphatic hydroxyl groups is 1. The van der Waals surface area contributed by atoms with Gasteiger partial charge in [0, 0.05) is 25.1 Å². The molecule has 0 spiro atoms. The maximum absolute atomic E-state index is 9.17. The van der Waals surface area contributed by atoms with Crippen molar-refractivity contribution in [3.05, 3.63) is 29.8 Å². The van der Waals surface area contributed by atoms with Crippen molar-refractivity contribution in [1.82, 2.24) is 5.32 Å². The summed E-state index contributed by atoms with van der Waals surface area (Å²) in [4.78, 5) is 0. The maximum atomic E-state index is 9.17. The molecule has 0 aliphatic carbocycles. The molecule has 0 saturated heterocycles. The van der Waals surface area contributed by atoms with Crippen LogP contribution in [0.15, 0.2) is 24.3 Å². The molecule has 0 aliphatic rings. The van der Waals surface area contributed by atoms with Gasteiger partial charge in [0.05, 0.1) is 6.61 Å². The molecule has 0 unspecified atom stereocenters. The molecule has 2 N–H and O–H groups in total. The summed E-state index contributed by atoms with van der Waals surface area (Å²) >= 11 is 0. The zero-order chi connectivity index (χ0) is 14.1. The van der Waals surface area contributed by atoms with E-state index < -0.39 is 0 Å². The zero-order valence-corrected chi connectivity index (χ0v) is 12.4. The Labute approximate surface area is 117 Å². The highest BCUT2D eigenvalue weighted by Crippen LogP contribution is 2.14. The van der Waals surface area contributed by atoms with E-state index in [0.717, 1.165) is 38.3 Å². The summed E-state index contributed by atoms with van der Waals surface area (Å²) in [5.74, 6) is 0.938. The van der Waals surface area contributed by atoms with Crippen LogP contribution in [0.5, 0.6) is 5.75 Å². The van der Waals surface area contributed by atoms with Crippen LogP contribution in [0.4, 0.5) is 0 Å². The number of hydrogen-bond acceptors (Lipinski definition) is 3. The average molecular weight is 265 g/mol. The number of aliphatic hydroxyl groups excluding tert-OH is 1. The number of unbranched alkanes of at least 4 members (excludes halogenated alkanes) is 1. The quantitative estimate of drug-likeness (QED) is 0.674. The summed E-state index contributed by atoms with van der Waals surface area (Å²) in [6.07, 6.45) is 2.25. The Morgan fingerprint density at radius 1 is 1.21 bits per heavy atom. The molecule has 3 heteroatoms. The molecule has 0 atom stereocenters. The second kappa shape index (κ2) is 8.18. The van der Waals surface area contributed by atoms with Gasteiger partial charge in [-0.05, 0) is 24.1 Å². The van der Waals surface area contributed by atoms with Gasteiger partial charge in [-0.25, -0.2) is 0 Å². The van der Waals surface area contributed by atoms with E-state index in [2.05, 4.69) is 24.4 Å². The summed E-state index contributed by atoms with van der Waals surface area (Å²) in [6.45, 7) is 8.86. The Balaban J connectivity index is 2.32. The lowest BCUT2D eigenvalue weighted by Gasteiger charge is -2.21. The van der Waals surface area contributed by atoms with Gasteiger partial charge >= 0.3 is 0 Å². The van der Waals surface area contributed by atoms with Crippen molar-refractivity contribution in [2.75, 3.05) is 19.8 Å². The standard InChI is InChI=1S/C16H27NO2/c1-4-5-10-19-15-8-6-14(7-9-15)11-17-12-16(2,3)13-18/h6-9,17-18H,4-5,10-13H2,1-3H3. The van der Waals surface area contributed by atoms with Crippen molar-refractivity contribution in [2.45, 2.75) is 40.2 Å². The maximum Gasteiger partial charge on any atom is 0.119 e.